The first kappa shape index (κ1) is 14.8. The summed E-state index contributed by atoms with van der Waals surface area (Å²) in [6.45, 7) is 4.03. The number of rotatable bonds is 8. The average Bonchev–Trinajstić information content (AvgIpc) is 2.26. The van der Waals surface area contributed by atoms with Crippen molar-refractivity contribution in [1.82, 2.24) is 4.90 Å². The second-order valence-corrected chi connectivity index (χ2v) is 3.88. The van der Waals surface area contributed by atoms with Crippen LogP contribution in [0.15, 0.2) is 0 Å². The molecular weight excluding hydrogens is 198 g/mol. The zero-order valence-electron chi connectivity index (χ0n) is 9.50. The van der Waals surface area contributed by atoms with Crippen LogP contribution in [0, 0.1) is 0 Å². The second kappa shape index (κ2) is 8.01. The summed E-state index contributed by atoms with van der Waals surface area (Å²) in [6.07, 6.45) is -0.717. The van der Waals surface area contributed by atoms with E-state index in [2.05, 4.69) is 0 Å². The van der Waals surface area contributed by atoms with Gasteiger partial charge >= 0.3 is 0 Å². The highest BCUT2D eigenvalue weighted by atomic mass is 16.3. The number of aliphatic hydroxyl groups excluding tert-OH is 4. The summed E-state index contributed by atoms with van der Waals surface area (Å²) in [4.78, 5) is 1.86. The van der Waals surface area contributed by atoms with Crippen LogP contribution in [-0.4, -0.2) is 69.9 Å². The van der Waals surface area contributed by atoms with Crippen LogP contribution in [0.4, 0.5) is 0 Å². The summed E-state index contributed by atoms with van der Waals surface area (Å²) in [5, 5.41) is 36.1. The van der Waals surface area contributed by atoms with Crippen molar-refractivity contribution in [1.29, 1.82) is 0 Å². The molecule has 0 spiro atoms. The molecule has 0 amide bonds. The maximum Gasteiger partial charge on any atom is 0.0897 e. The molecular formula is C10H23NO4. The van der Waals surface area contributed by atoms with Crippen LogP contribution >= 0.6 is 0 Å². The van der Waals surface area contributed by atoms with E-state index in [1.807, 2.05) is 18.7 Å². The summed E-state index contributed by atoms with van der Waals surface area (Å²) >= 11 is 0. The van der Waals surface area contributed by atoms with Crippen molar-refractivity contribution in [2.75, 3.05) is 26.3 Å². The highest BCUT2D eigenvalue weighted by molar-refractivity contribution is 4.72. The van der Waals surface area contributed by atoms with E-state index in [9.17, 15) is 10.2 Å². The summed E-state index contributed by atoms with van der Waals surface area (Å²) in [5.74, 6) is 0. The first-order chi connectivity index (χ1) is 7.04. The van der Waals surface area contributed by atoms with Gasteiger partial charge in [0.05, 0.1) is 25.4 Å². The standard InChI is InChI=1S/C10H23NO4/c1-3-8(2)11(4-9(14)6-12)5-10(15)7-13/h8-10,12-15H,3-7H2,1-2H3. The smallest absolute Gasteiger partial charge is 0.0897 e. The van der Waals surface area contributed by atoms with Gasteiger partial charge in [-0.25, -0.2) is 0 Å². The van der Waals surface area contributed by atoms with E-state index in [4.69, 9.17) is 10.2 Å². The molecule has 0 rings (SSSR count). The number of hydrogen-bond donors (Lipinski definition) is 4. The molecule has 15 heavy (non-hydrogen) atoms. The van der Waals surface area contributed by atoms with E-state index in [1.165, 1.54) is 0 Å². The maximum absolute atomic E-state index is 9.32. The van der Waals surface area contributed by atoms with Gasteiger partial charge in [-0.15, -0.1) is 0 Å². The van der Waals surface area contributed by atoms with E-state index in [0.29, 0.717) is 13.1 Å². The molecule has 5 heteroatoms. The Hall–Kier alpha value is -0.200. The van der Waals surface area contributed by atoms with Crippen LogP contribution in [0.25, 0.3) is 0 Å². The molecule has 0 heterocycles. The van der Waals surface area contributed by atoms with E-state index in [-0.39, 0.29) is 19.3 Å². The number of hydrogen-bond acceptors (Lipinski definition) is 5. The summed E-state index contributed by atoms with van der Waals surface area (Å²) < 4.78 is 0. The monoisotopic (exact) mass is 221 g/mol. The molecule has 5 nitrogen and oxygen atoms in total. The number of nitrogens with zero attached hydrogens (tertiary/aromatic N) is 1. The van der Waals surface area contributed by atoms with Crippen molar-refractivity contribution < 1.29 is 20.4 Å². The van der Waals surface area contributed by atoms with E-state index >= 15 is 0 Å². The van der Waals surface area contributed by atoms with Crippen molar-refractivity contribution in [3.63, 3.8) is 0 Å². The molecule has 3 unspecified atom stereocenters. The lowest BCUT2D eigenvalue weighted by Crippen LogP contribution is -2.44. The van der Waals surface area contributed by atoms with Gasteiger partial charge in [-0.05, 0) is 13.3 Å². The molecule has 0 aromatic rings. The van der Waals surface area contributed by atoms with E-state index in [0.717, 1.165) is 6.42 Å². The fraction of sp³-hybridized carbons (Fsp3) is 1.00. The fourth-order valence-electron chi connectivity index (χ4n) is 1.35. The van der Waals surface area contributed by atoms with E-state index < -0.39 is 12.2 Å². The Morgan fingerprint density at radius 3 is 1.67 bits per heavy atom. The van der Waals surface area contributed by atoms with Gasteiger partial charge in [-0.1, -0.05) is 6.92 Å². The molecule has 3 atom stereocenters. The predicted octanol–water partition coefficient (Wildman–Crippen LogP) is -1.21. The largest absolute Gasteiger partial charge is 0.394 e. The SMILES string of the molecule is CCC(C)N(CC(O)CO)CC(O)CO. The van der Waals surface area contributed by atoms with Crippen LogP contribution in [0.1, 0.15) is 20.3 Å². The van der Waals surface area contributed by atoms with Gasteiger partial charge in [0, 0.05) is 19.1 Å². The topological polar surface area (TPSA) is 84.2 Å². The third-order valence-corrected chi connectivity index (χ3v) is 2.53. The molecule has 0 bridgehead atoms. The molecule has 0 aliphatic carbocycles. The molecule has 4 N–H and O–H groups in total. The second-order valence-electron chi connectivity index (χ2n) is 3.88. The fourth-order valence-corrected chi connectivity index (χ4v) is 1.35. The maximum atomic E-state index is 9.32. The lowest BCUT2D eigenvalue weighted by atomic mass is 10.2. The molecule has 0 aliphatic heterocycles. The van der Waals surface area contributed by atoms with Crippen LogP contribution in [0.3, 0.4) is 0 Å². The zero-order valence-corrected chi connectivity index (χ0v) is 9.50. The quantitative estimate of drug-likeness (QED) is 0.413. The number of aliphatic hydroxyl groups is 4. The minimum Gasteiger partial charge on any atom is -0.394 e. The molecule has 92 valence electrons. The normalized spacial score (nSPS) is 17.8. The molecule has 0 radical (unpaired) electrons. The van der Waals surface area contributed by atoms with Gasteiger partial charge in [0.2, 0.25) is 0 Å². The van der Waals surface area contributed by atoms with Gasteiger partial charge in [0.15, 0.2) is 0 Å². The Kier molecular flexibility index (Phi) is 7.90. The first-order valence-corrected chi connectivity index (χ1v) is 5.37. The highest BCUT2D eigenvalue weighted by Crippen LogP contribution is 2.05. The van der Waals surface area contributed by atoms with E-state index in [1.54, 1.807) is 0 Å². The zero-order chi connectivity index (χ0) is 11.8. The van der Waals surface area contributed by atoms with Crippen molar-refractivity contribution in [3.05, 3.63) is 0 Å². The lowest BCUT2D eigenvalue weighted by molar-refractivity contribution is 0.00906. The van der Waals surface area contributed by atoms with Gasteiger partial charge in [-0.2, -0.15) is 0 Å². The summed E-state index contributed by atoms with van der Waals surface area (Å²) in [6, 6.07) is 0.201. The van der Waals surface area contributed by atoms with Crippen molar-refractivity contribution in [2.24, 2.45) is 0 Å². The Balaban J connectivity index is 4.17. The average molecular weight is 221 g/mol. The molecule has 0 aromatic carbocycles. The predicted molar refractivity (Wildman–Crippen MR) is 57.5 cm³/mol. The van der Waals surface area contributed by atoms with Crippen molar-refractivity contribution in [2.45, 2.75) is 38.5 Å². The van der Waals surface area contributed by atoms with Crippen molar-refractivity contribution >= 4 is 0 Å². The van der Waals surface area contributed by atoms with Crippen LogP contribution in [-0.2, 0) is 0 Å². The minimum absolute atomic E-state index is 0.201. The van der Waals surface area contributed by atoms with Crippen LogP contribution in [0.2, 0.25) is 0 Å². The van der Waals surface area contributed by atoms with Gasteiger partial charge in [-0.3, -0.25) is 4.90 Å². The first-order valence-electron chi connectivity index (χ1n) is 5.37. The van der Waals surface area contributed by atoms with Crippen molar-refractivity contribution in [3.8, 4) is 0 Å². The molecule has 0 aromatic heterocycles. The minimum atomic E-state index is -0.801. The van der Waals surface area contributed by atoms with Gasteiger partial charge < -0.3 is 20.4 Å². The Morgan fingerprint density at radius 2 is 1.40 bits per heavy atom. The Labute approximate surface area is 91.0 Å². The molecule has 0 saturated carbocycles. The third-order valence-electron chi connectivity index (χ3n) is 2.53. The van der Waals surface area contributed by atoms with Crippen LogP contribution < -0.4 is 0 Å². The van der Waals surface area contributed by atoms with Gasteiger partial charge in [0.25, 0.3) is 0 Å². The summed E-state index contributed by atoms with van der Waals surface area (Å²) in [7, 11) is 0. The Bertz CT molecular complexity index is 144. The molecule has 0 saturated heterocycles. The summed E-state index contributed by atoms with van der Waals surface area (Å²) in [5.41, 5.74) is 0. The van der Waals surface area contributed by atoms with Crippen LogP contribution in [0.5, 0.6) is 0 Å². The van der Waals surface area contributed by atoms with Gasteiger partial charge in [0.1, 0.15) is 0 Å². The molecule has 0 fully saturated rings. The molecule has 0 aliphatic rings. The highest BCUT2D eigenvalue weighted by Gasteiger charge is 2.18. The lowest BCUT2D eigenvalue weighted by Gasteiger charge is -2.31. The Morgan fingerprint density at radius 1 is 1.00 bits per heavy atom. The third kappa shape index (κ3) is 6.06.